The zero-order chi connectivity index (χ0) is 21.2. The number of nitrogens with one attached hydrogen (secondary N) is 1. The van der Waals surface area contributed by atoms with Crippen molar-refractivity contribution in [3.8, 4) is 11.5 Å². The minimum Gasteiger partial charge on any atom is -0.487 e. The Morgan fingerprint density at radius 2 is 1.86 bits per heavy atom. The molecule has 8 heteroatoms. The van der Waals surface area contributed by atoms with Crippen LogP contribution < -0.4 is 19.1 Å². The average molecular weight is 419 g/mol. The Bertz CT molecular complexity index is 986. The number of carbonyl (C=O) groups is 1. The Balaban J connectivity index is 1.61. The summed E-state index contributed by atoms with van der Waals surface area (Å²) in [5.74, 6) is 1.03. The number of fused-ring (bicyclic) bond motifs is 1. The number of carbonyl (C=O) groups excluding carboxylic acids is 1. The van der Waals surface area contributed by atoms with Gasteiger partial charge in [0.15, 0.2) is 6.61 Å². The molecular formula is C21H26N2O5S. The van der Waals surface area contributed by atoms with Crippen LogP contribution in [0.5, 0.6) is 11.5 Å². The van der Waals surface area contributed by atoms with E-state index < -0.39 is 10.0 Å². The Morgan fingerprint density at radius 1 is 1.21 bits per heavy atom. The Kier molecular flexibility index (Phi) is 5.75. The van der Waals surface area contributed by atoms with Crippen LogP contribution in [0.4, 0.5) is 5.69 Å². The van der Waals surface area contributed by atoms with Crippen molar-refractivity contribution in [2.75, 3.05) is 24.2 Å². The smallest absolute Gasteiger partial charge is 0.258 e. The minimum atomic E-state index is -3.33. The molecule has 0 fully saturated rings. The summed E-state index contributed by atoms with van der Waals surface area (Å²) in [6.45, 7) is 3.85. The predicted octanol–water partition coefficient (Wildman–Crippen LogP) is 2.88. The number of para-hydroxylation sites is 1. The third kappa shape index (κ3) is 5.20. The first-order valence-corrected chi connectivity index (χ1v) is 11.1. The third-order valence-electron chi connectivity index (χ3n) is 4.78. The molecule has 0 aliphatic carbocycles. The molecule has 0 aromatic heterocycles. The summed E-state index contributed by atoms with van der Waals surface area (Å²) in [6, 6.07) is 14.1. The number of hydrogen-bond acceptors (Lipinski definition) is 5. The first-order valence-electron chi connectivity index (χ1n) is 9.29. The first kappa shape index (κ1) is 21.0. The molecule has 29 heavy (non-hydrogen) atoms. The van der Waals surface area contributed by atoms with Crippen molar-refractivity contribution in [2.45, 2.75) is 31.9 Å². The second kappa shape index (κ2) is 7.94. The molecule has 0 saturated heterocycles. The van der Waals surface area contributed by atoms with Gasteiger partial charge in [-0.05, 0) is 44.2 Å². The van der Waals surface area contributed by atoms with Gasteiger partial charge in [0, 0.05) is 19.0 Å². The van der Waals surface area contributed by atoms with Crippen molar-refractivity contribution in [2.24, 2.45) is 0 Å². The summed E-state index contributed by atoms with van der Waals surface area (Å²) < 4.78 is 35.9. The summed E-state index contributed by atoms with van der Waals surface area (Å²) in [7, 11) is -1.85. The van der Waals surface area contributed by atoms with Crippen LogP contribution in [0.1, 0.15) is 31.9 Å². The lowest BCUT2D eigenvalue weighted by molar-refractivity contribution is -0.124. The molecule has 0 unspecified atom stereocenters. The lowest BCUT2D eigenvalue weighted by atomic mass is 9.90. The van der Waals surface area contributed by atoms with Crippen molar-refractivity contribution in [1.29, 1.82) is 0 Å². The second-order valence-electron chi connectivity index (χ2n) is 7.74. The van der Waals surface area contributed by atoms with Crippen LogP contribution >= 0.6 is 0 Å². The predicted molar refractivity (Wildman–Crippen MR) is 112 cm³/mol. The number of sulfonamides is 1. The van der Waals surface area contributed by atoms with Crippen molar-refractivity contribution < 1.29 is 22.7 Å². The quantitative estimate of drug-likeness (QED) is 0.780. The highest BCUT2D eigenvalue weighted by Gasteiger charge is 2.34. The van der Waals surface area contributed by atoms with Gasteiger partial charge in [0.2, 0.25) is 10.0 Å². The van der Waals surface area contributed by atoms with E-state index in [1.54, 1.807) is 24.3 Å². The average Bonchev–Trinajstić information content (AvgIpc) is 2.64. The van der Waals surface area contributed by atoms with Gasteiger partial charge in [-0.15, -0.1) is 0 Å². The monoisotopic (exact) mass is 418 g/mol. The molecule has 1 N–H and O–H groups in total. The topological polar surface area (TPSA) is 84.9 Å². The maximum absolute atomic E-state index is 12.4. The van der Waals surface area contributed by atoms with Crippen LogP contribution in [-0.4, -0.2) is 39.8 Å². The fourth-order valence-electron chi connectivity index (χ4n) is 3.26. The van der Waals surface area contributed by atoms with Crippen molar-refractivity contribution >= 4 is 21.6 Å². The molecule has 3 rings (SSSR count). The maximum Gasteiger partial charge on any atom is 0.258 e. The van der Waals surface area contributed by atoms with Gasteiger partial charge in [-0.1, -0.05) is 18.2 Å². The van der Waals surface area contributed by atoms with E-state index in [1.165, 1.54) is 11.4 Å². The van der Waals surface area contributed by atoms with E-state index in [-0.39, 0.29) is 24.2 Å². The standard InChI is InChI=1S/C21H26N2O5S/c1-21(2)13-18(17-7-5-6-8-19(17)28-21)22-20(24)14-27-16-11-9-15(10-12-16)23(3)29(4,25)26/h5-12,18H,13-14H2,1-4H3,(H,22,24)/t18-/m0/s1. The number of rotatable bonds is 6. The highest BCUT2D eigenvalue weighted by atomic mass is 32.2. The Morgan fingerprint density at radius 3 is 2.52 bits per heavy atom. The van der Waals surface area contributed by atoms with Gasteiger partial charge in [0.1, 0.15) is 17.1 Å². The van der Waals surface area contributed by atoms with Crippen LogP contribution in [0.15, 0.2) is 48.5 Å². The van der Waals surface area contributed by atoms with Crippen molar-refractivity contribution in [1.82, 2.24) is 5.32 Å². The molecule has 2 aromatic rings. The SMILES string of the molecule is CN(c1ccc(OCC(=O)N[C@H]2CC(C)(C)Oc3ccccc32)cc1)S(C)(=O)=O. The summed E-state index contributed by atoms with van der Waals surface area (Å²) in [4.78, 5) is 12.4. The Labute approximate surface area is 171 Å². The fourth-order valence-corrected chi connectivity index (χ4v) is 3.76. The molecule has 7 nitrogen and oxygen atoms in total. The van der Waals surface area contributed by atoms with Crippen LogP contribution in [0, 0.1) is 0 Å². The van der Waals surface area contributed by atoms with Crippen molar-refractivity contribution in [3.63, 3.8) is 0 Å². The molecule has 1 amide bonds. The van der Waals surface area contributed by atoms with E-state index in [1.807, 2.05) is 38.1 Å². The van der Waals surface area contributed by atoms with E-state index in [0.29, 0.717) is 17.9 Å². The Hall–Kier alpha value is -2.74. The molecule has 1 heterocycles. The number of ether oxygens (including phenoxy) is 2. The highest BCUT2D eigenvalue weighted by molar-refractivity contribution is 7.92. The summed E-state index contributed by atoms with van der Waals surface area (Å²) in [5.41, 5.74) is 1.09. The summed E-state index contributed by atoms with van der Waals surface area (Å²) in [5, 5.41) is 3.02. The highest BCUT2D eigenvalue weighted by Crippen LogP contribution is 2.39. The zero-order valence-corrected chi connectivity index (χ0v) is 17.8. The van der Waals surface area contributed by atoms with Crippen LogP contribution in [0.25, 0.3) is 0 Å². The van der Waals surface area contributed by atoms with E-state index >= 15 is 0 Å². The number of benzene rings is 2. The summed E-state index contributed by atoms with van der Waals surface area (Å²) in [6.07, 6.45) is 1.79. The van der Waals surface area contributed by atoms with Gasteiger partial charge >= 0.3 is 0 Å². The molecule has 156 valence electrons. The van der Waals surface area contributed by atoms with Gasteiger partial charge in [-0.25, -0.2) is 8.42 Å². The molecule has 1 aliphatic rings. The molecule has 1 aliphatic heterocycles. The number of anilines is 1. The molecule has 0 saturated carbocycles. The number of amides is 1. The van der Waals surface area contributed by atoms with Crippen LogP contribution in [0.3, 0.4) is 0 Å². The van der Waals surface area contributed by atoms with Gasteiger partial charge in [0.25, 0.3) is 5.91 Å². The van der Waals surface area contributed by atoms with E-state index in [2.05, 4.69) is 5.32 Å². The van der Waals surface area contributed by atoms with Gasteiger partial charge in [-0.3, -0.25) is 9.10 Å². The first-order chi connectivity index (χ1) is 13.5. The molecular weight excluding hydrogens is 392 g/mol. The molecule has 2 aromatic carbocycles. The van der Waals surface area contributed by atoms with E-state index in [0.717, 1.165) is 17.6 Å². The lowest BCUT2D eigenvalue weighted by Gasteiger charge is -2.37. The van der Waals surface area contributed by atoms with Crippen LogP contribution in [0.2, 0.25) is 0 Å². The molecule has 0 radical (unpaired) electrons. The largest absolute Gasteiger partial charge is 0.487 e. The van der Waals surface area contributed by atoms with Gasteiger partial charge in [-0.2, -0.15) is 0 Å². The molecule has 0 spiro atoms. The summed E-state index contributed by atoms with van der Waals surface area (Å²) >= 11 is 0. The van der Waals surface area contributed by atoms with Gasteiger partial charge < -0.3 is 14.8 Å². The third-order valence-corrected chi connectivity index (χ3v) is 5.99. The minimum absolute atomic E-state index is 0.138. The van der Waals surface area contributed by atoms with Gasteiger partial charge in [0.05, 0.1) is 18.0 Å². The normalized spacial score (nSPS) is 17.6. The van der Waals surface area contributed by atoms with E-state index in [4.69, 9.17) is 9.47 Å². The lowest BCUT2D eigenvalue weighted by Crippen LogP contribution is -2.42. The van der Waals surface area contributed by atoms with E-state index in [9.17, 15) is 13.2 Å². The second-order valence-corrected chi connectivity index (χ2v) is 9.75. The molecule has 1 atom stereocenters. The van der Waals surface area contributed by atoms with Crippen molar-refractivity contribution in [3.05, 3.63) is 54.1 Å². The maximum atomic E-state index is 12.4. The fraction of sp³-hybridized carbons (Fsp3) is 0.381. The number of nitrogens with zero attached hydrogens (tertiary/aromatic N) is 1. The molecule has 0 bridgehead atoms. The number of hydrogen-bond donors (Lipinski definition) is 1. The zero-order valence-electron chi connectivity index (χ0n) is 17.0. The van der Waals surface area contributed by atoms with Crippen LogP contribution in [-0.2, 0) is 14.8 Å².